The molecule has 0 saturated carbocycles. The first-order chi connectivity index (χ1) is 6.61. The average Bonchev–Trinajstić information content (AvgIpc) is 2.09. The van der Waals surface area contributed by atoms with Gasteiger partial charge in [0.25, 0.3) is 0 Å². The number of nitrogens with two attached hydrogens (primary N) is 1. The number of rotatable bonds is 4. The SMILES string of the molecule is CN(C)CCSc1c(N)cccc1Cl. The van der Waals surface area contributed by atoms with Crippen molar-refractivity contribution in [2.24, 2.45) is 0 Å². The van der Waals surface area contributed by atoms with E-state index in [1.807, 2.05) is 18.2 Å². The van der Waals surface area contributed by atoms with Crippen LogP contribution in [-0.2, 0) is 0 Å². The molecule has 0 radical (unpaired) electrons. The molecule has 0 atom stereocenters. The van der Waals surface area contributed by atoms with Crippen LogP contribution in [0.4, 0.5) is 5.69 Å². The second-order valence-electron chi connectivity index (χ2n) is 3.31. The normalized spacial score (nSPS) is 10.9. The van der Waals surface area contributed by atoms with Gasteiger partial charge in [-0.25, -0.2) is 0 Å². The van der Waals surface area contributed by atoms with E-state index in [0.29, 0.717) is 0 Å². The lowest BCUT2D eigenvalue weighted by molar-refractivity contribution is 0.437. The fourth-order valence-electron chi connectivity index (χ4n) is 1.01. The van der Waals surface area contributed by atoms with Crippen LogP contribution in [0.2, 0.25) is 5.02 Å². The maximum Gasteiger partial charge on any atom is 0.0562 e. The Bertz CT molecular complexity index is 282. The van der Waals surface area contributed by atoms with Crippen LogP contribution in [0.15, 0.2) is 23.1 Å². The summed E-state index contributed by atoms with van der Waals surface area (Å²) in [5.74, 6) is 1.00. The van der Waals surface area contributed by atoms with E-state index in [-0.39, 0.29) is 0 Å². The van der Waals surface area contributed by atoms with Crippen molar-refractivity contribution in [1.82, 2.24) is 4.90 Å². The van der Waals surface area contributed by atoms with Gasteiger partial charge in [-0.1, -0.05) is 17.7 Å². The molecule has 14 heavy (non-hydrogen) atoms. The van der Waals surface area contributed by atoms with E-state index in [1.54, 1.807) is 11.8 Å². The molecule has 0 aliphatic heterocycles. The molecule has 2 N–H and O–H groups in total. The quantitative estimate of drug-likeness (QED) is 0.637. The van der Waals surface area contributed by atoms with E-state index in [2.05, 4.69) is 19.0 Å². The van der Waals surface area contributed by atoms with Crippen LogP contribution >= 0.6 is 23.4 Å². The molecule has 0 unspecified atom stereocenters. The molecule has 1 rings (SSSR count). The molecule has 2 nitrogen and oxygen atoms in total. The van der Waals surface area contributed by atoms with Crippen molar-refractivity contribution in [1.29, 1.82) is 0 Å². The highest BCUT2D eigenvalue weighted by atomic mass is 35.5. The number of nitrogen functional groups attached to an aromatic ring is 1. The molecule has 0 bridgehead atoms. The maximum atomic E-state index is 6.03. The molecular weight excluding hydrogens is 216 g/mol. The molecule has 4 heteroatoms. The van der Waals surface area contributed by atoms with E-state index in [4.69, 9.17) is 17.3 Å². The summed E-state index contributed by atoms with van der Waals surface area (Å²) in [6.07, 6.45) is 0. The van der Waals surface area contributed by atoms with Crippen LogP contribution in [0, 0.1) is 0 Å². The van der Waals surface area contributed by atoms with Gasteiger partial charge in [-0.2, -0.15) is 0 Å². The highest BCUT2D eigenvalue weighted by molar-refractivity contribution is 7.99. The molecular formula is C10H15ClN2S. The lowest BCUT2D eigenvalue weighted by atomic mass is 10.3. The first-order valence-corrected chi connectivity index (χ1v) is 5.79. The molecule has 0 spiro atoms. The van der Waals surface area contributed by atoms with Crippen molar-refractivity contribution >= 4 is 29.1 Å². The lowest BCUT2D eigenvalue weighted by Gasteiger charge is -2.10. The van der Waals surface area contributed by atoms with Gasteiger partial charge in [0.1, 0.15) is 0 Å². The molecule has 78 valence electrons. The number of anilines is 1. The predicted octanol–water partition coefficient (Wildman–Crippen LogP) is 2.58. The van der Waals surface area contributed by atoms with Gasteiger partial charge < -0.3 is 10.6 Å². The number of nitrogens with zero attached hydrogens (tertiary/aromatic N) is 1. The van der Waals surface area contributed by atoms with Gasteiger partial charge in [-0.05, 0) is 26.2 Å². The minimum Gasteiger partial charge on any atom is -0.398 e. The standard InChI is InChI=1S/C10H15ClN2S/c1-13(2)6-7-14-10-8(11)4-3-5-9(10)12/h3-5H,6-7,12H2,1-2H3. The third-order valence-electron chi connectivity index (χ3n) is 1.78. The van der Waals surface area contributed by atoms with Crippen LogP contribution in [-0.4, -0.2) is 31.3 Å². The smallest absolute Gasteiger partial charge is 0.0562 e. The number of thioether (sulfide) groups is 1. The van der Waals surface area contributed by atoms with Gasteiger partial charge in [0.05, 0.1) is 5.02 Å². The summed E-state index contributed by atoms with van der Waals surface area (Å²) in [6, 6.07) is 5.62. The number of hydrogen-bond acceptors (Lipinski definition) is 3. The van der Waals surface area contributed by atoms with Gasteiger partial charge in [0, 0.05) is 22.9 Å². The summed E-state index contributed by atoms with van der Waals surface area (Å²) >= 11 is 7.73. The van der Waals surface area contributed by atoms with E-state index in [1.165, 1.54) is 0 Å². The molecule has 0 aromatic heterocycles. The third-order valence-corrected chi connectivity index (χ3v) is 3.34. The maximum absolute atomic E-state index is 6.03. The van der Waals surface area contributed by atoms with Gasteiger partial charge in [-0.15, -0.1) is 11.8 Å². The van der Waals surface area contributed by atoms with Gasteiger partial charge >= 0.3 is 0 Å². The summed E-state index contributed by atoms with van der Waals surface area (Å²) in [7, 11) is 4.10. The lowest BCUT2D eigenvalue weighted by Crippen LogP contribution is -2.14. The van der Waals surface area contributed by atoms with Gasteiger partial charge in [0.15, 0.2) is 0 Å². The largest absolute Gasteiger partial charge is 0.398 e. The highest BCUT2D eigenvalue weighted by Gasteiger charge is 2.04. The Morgan fingerprint density at radius 1 is 1.43 bits per heavy atom. The Hall–Kier alpha value is -0.380. The van der Waals surface area contributed by atoms with E-state index in [0.717, 1.165) is 27.9 Å². The van der Waals surface area contributed by atoms with Crippen molar-refractivity contribution in [2.45, 2.75) is 4.90 Å². The minimum atomic E-state index is 0.744. The fraction of sp³-hybridized carbons (Fsp3) is 0.400. The summed E-state index contributed by atoms with van der Waals surface area (Å²) in [4.78, 5) is 3.14. The number of hydrogen-bond donors (Lipinski definition) is 1. The topological polar surface area (TPSA) is 29.3 Å². The molecule has 0 heterocycles. The van der Waals surface area contributed by atoms with E-state index < -0.39 is 0 Å². The zero-order chi connectivity index (χ0) is 10.6. The Morgan fingerprint density at radius 2 is 2.14 bits per heavy atom. The van der Waals surface area contributed by atoms with E-state index >= 15 is 0 Å². The molecule has 0 aliphatic rings. The molecule has 1 aromatic carbocycles. The monoisotopic (exact) mass is 230 g/mol. The fourth-order valence-corrected chi connectivity index (χ4v) is 2.45. The van der Waals surface area contributed by atoms with Crippen molar-refractivity contribution < 1.29 is 0 Å². The van der Waals surface area contributed by atoms with E-state index in [9.17, 15) is 0 Å². The van der Waals surface area contributed by atoms with Gasteiger partial charge in [0.2, 0.25) is 0 Å². The van der Waals surface area contributed by atoms with Gasteiger partial charge in [-0.3, -0.25) is 0 Å². The van der Waals surface area contributed by atoms with Crippen LogP contribution in [0.25, 0.3) is 0 Å². The first kappa shape index (κ1) is 11.7. The third kappa shape index (κ3) is 3.40. The summed E-state index contributed by atoms with van der Waals surface area (Å²) in [5.41, 5.74) is 6.58. The molecule has 0 fully saturated rings. The first-order valence-electron chi connectivity index (χ1n) is 4.43. The Morgan fingerprint density at radius 3 is 2.71 bits per heavy atom. The zero-order valence-corrected chi connectivity index (χ0v) is 10.0. The zero-order valence-electron chi connectivity index (χ0n) is 8.46. The molecule has 0 saturated heterocycles. The summed E-state index contributed by atoms with van der Waals surface area (Å²) in [6.45, 7) is 1.02. The highest BCUT2D eigenvalue weighted by Crippen LogP contribution is 2.32. The van der Waals surface area contributed by atoms with Crippen LogP contribution in [0.3, 0.4) is 0 Å². The molecule has 0 amide bonds. The van der Waals surface area contributed by atoms with Crippen LogP contribution in [0.5, 0.6) is 0 Å². The summed E-state index contributed by atoms with van der Waals surface area (Å²) in [5, 5.41) is 0.744. The van der Waals surface area contributed by atoms with Crippen LogP contribution < -0.4 is 5.73 Å². The van der Waals surface area contributed by atoms with Crippen molar-refractivity contribution in [3.63, 3.8) is 0 Å². The minimum absolute atomic E-state index is 0.744. The second kappa shape index (κ2) is 5.49. The van der Waals surface area contributed by atoms with Crippen molar-refractivity contribution in [2.75, 3.05) is 32.1 Å². The number of halogens is 1. The Balaban J connectivity index is 2.58. The Labute approximate surface area is 94.4 Å². The molecule has 1 aromatic rings. The average molecular weight is 231 g/mol. The van der Waals surface area contributed by atoms with Crippen molar-refractivity contribution in [3.05, 3.63) is 23.2 Å². The molecule has 0 aliphatic carbocycles. The van der Waals surface area contributed by atoms with Crippen LogP contribution in [0.1, 0.15) is 0 Å². The summed E-state index contributed by atoms with van der Waals surface area (Å²) < 4.78 is 0. The number of benzene rings is 1. The second-order valence-corrected chi connectivity index (χ2v) is 4.82. The predicted molar refractivity (Wildman–Crippen MR) is 65.1 cm³/mol. The Kier molecular flexibility index (Phi) is 4.58. The van der Waals surface area contributed by atoms with Crippen molar-refractivity contribution in [3.8, 4) is 0 Å².